The summed E-state index contributed by atoms with van der Waals surface area (Å²) in [5, 5.41) is 11.8. The number of ether oxygens (including phenoxy) is 2. The second-order valence-electron chi connectivity index (χ2n) is 13.1. The molecule has 0 heterocycles. The van der Waals surface area contributed by atoms with E-state index < -0.39 is 66.6 Å². The fourth-order valence-corrected chi connectivity index (χ4v) is 5.53. The summed E-state index contributed by atoms with van der Waals surface area (Å²) in [4.78, 5) is 74.1. The highest BCUT2D eigenvalue weighted by Crippen LogP contribution is 2.45. The Bertz CT molecular complexity index is 1460. The zero-order valence-corrected chi connectivity index (χ0v) is 29.0. The third kappa shape index (κ3) is 12.6. The maximum absolute atomic E-state index is 12.7. The molecule has 48 heavy (non-hydrogen) atoms. The van der Waals surface area contributed by atoms with E-state index >= 15 is 0 Å². The van der Waals surface area contributed by atoms with Crippen LogP contribution in [0.2, 0.25) is 0 Å². The van der Waals surface area contributed by atoms with Gasteiger partial charge in [0.15, 0.2) is 0 Å². The summed E-state index contributed by atoms with van der Waals surface area (Å²) in [6, 6.07) is 15.1. The Morgan fingerprint density at radius 3 is 1.67 bits per heavy atom. The predicted molar refractivity (Wildman–Crippen MR) is 182 cm³/mol. The van der Waals surface area contributed by atoms with Crippen molar-refractivity contribution in [2.24, 2.45) is 0 Å². The first-order chi connectivity index (χ1) is 22.5. The van der Waals surface area contributed by atoms with Crippen LogP contribution in [0.5, 0.6) is 0 Å². The van der Waals surface area contributed by atoms with Gasteiger partial charge in [-0.3, -0.25) is 24.0 Å². The van der Waals surface area contributed by atoms with E-state index in [1.54, 1.807) is 41.5 Å². The molecule has 1 atom stereocenters. The van der Waals surface area contributed by atoms with Gasteiger partial charge in [-0.15, -0.1) is 0 Å². The number of amides is 5. The lowest BCUT2D eigenvalue weighted by Gasteiger charge is -2.26. The molecule has 0 aromatic heterocycles. The number of fused-ring (bicyclic) bond motifs is 3. The minimum absolute atomic E-state index is 0.0719. The Morgan fingerprint density at radius 2 is 1.17 bits per heavy atom. The first kappa shape index (κ1) is 38.0. The predicted octanol–water partition coefficient (Wildman–Crippen LogP) is 2.23. The van der Waals surface area contributed by atoms with Gasteiger partial charge >= 0.3 is 6.09 Å². The number of thioether (sulfide) groups is 1. The van der Waals surface area contributed by atoms with Crippen LogP contribution in [0.1, 0.15) is 58.6 Å². The average Bonchev–Trinajstić information content (AvgIpc) is 3.33. The molecule has 0 unspecified atom stereocenters. The van der Waals surface area contributed by atoms with E-state index in [2.05, 4.69) is 50.8 Å². The Morgan fingerprint density at radius 1 is 0.688 bits per heavy atom. The molecule has 260 valence electrons. The fraction of sp³-hybridized carbons (Fsp3) is 0.471. The number of alkyl carbamates (subject to hydrolysis) is 1. The highest BCUT2D eigenvalue weighted by Gasteiger charge is 2.29. The number of hydrogen-bond donors (Lipinski definition) is 5. The molecule has 2 aromatic rings. The second kappa shape index (κ2) is 17.1. The number of rotatable bonds is 14. The molecule has 14 heteroatoms. The van der Waals surface area contributed by atoms with Crippen LogP contribution in [0.3, 0.4) is 0 Å². The van der Waals surface area contributed by atoms with E-state index in [-0.39, 0.29) is 24.2 Å². The first-order valence-corrected chi connectivity index (χ1v) is 16.6. The quantitative estimate of drug-likeness (QED) is 0.200. The van der Waals surface area contributed by atoms with Crippen LogP contribution in [-0.2, 0) is 33.4 Å². The van der Waals surface area contributed by atoms with Gasteiger partial charge in [0.1, 0.15) is 11.6 Å². The lowest BCUT2D eigenvalue weighted by molar-refractivity contribution is -0.130. The molecular formula is C34H45N5O8S. The Kier molecular flexibility index (Phi) is 13.6. The Balaban J connectivity index is 1.34. The van der Waals surface area contributed by atoms with Gasteiger partial charge in [0.05, 0.1) is 38.4 Å². The molecule has 5 amide bonds. The number of nitrogens with one attached hydrogen (secondary N) is 5. The molecule has 0 saturated heterocycles. The lowest BCUT2D eigenvalue weighted by Crippen LogP contribution is -2.53. The molecule has 0 bridgehead atoms. The van der Waals surface area contributed by atoms with Crippen LogP contribution in [-0.4, -0.2) is 90.6 Å². The summed E-state index contributed by atoms with van der Waals surface area (Å²) >= 11 is 1.14. The highest BCUT2D eigenvalue weighted by atomic mass is 32.2. The summed E-state index contributed by atoms with van der Waals surface area (Å²) in [5.41, 5.74) is 3.29. The molecule has 0 aliphatic heterocycles. The van der Waals surface area contributed by atoms with Gasteiger partial charge in [0.25, 0.3) is 0 Å². The van der Waals surface area contributed by atoms with Crippen molar-refractivity contribution in [2.75, 3.05) is 38.5 Å². The van der Waals surface area contributed by atoms with Crippen molar-refractivity contribution in [1.82, 2.24) is 26.6 Å². The molecule has 0 fully saturated rings. The van der Waals surface area contributed by atoms with Crippen LogP contribution in [0.4, 0.5) is 4.79 Å². The van der Waals surface area contributed by atoms with Gasteiger partial charge in [-0.1, -0.05) is 60.3 Å². The van der Waals surface area contributed by atoms with Gasteiger partial charge in [0, 0.05) is 11.7 Å². The van der Waals surface area contributed by atoms with Crippen molar-refractivity contribution in [3.63, 3.8) is 0 Å². The molecule has 5 N–H and O–H groups in total. The maximum atomic E-state index is 12.7. The molecular weight excluding hydrogens is 638 g/mol. The number of carbonyl (C=O) groups excluding carboxylic acids is 6. The highest BCUT2D eigenvalue weighted by molar-refractivity contribution is 8.13. The van der Waals surface area contributed by atoms with E-state index in [0.29, 0.717) is 5.75 Å². The molecule has 1 aliphatic rings. The van der Waals surface area contributed by atoms with E-state index in [1.165, 1.54) is 22.3 Å². The molecule has 0 spiro atoms. The summed E-state index contributed by atoms with van der Waals surface area (Å²) < 4.78 is 10.8. The van der Waals surface area contributed by atoms with Crippen molar-refractivity contribution in [3.05, 3.63) is 59.7 Å². The first-order valence-electron chi connectivity index (χ1n) is 15.6. The van der Waals surface area contributed by atoms with Gasteiger partial charge in [-0.2, -0.15) is 0 Å². The van der Waals surface area contributed by atoms with Crippen molar-refractivity contribution in [2.45, 2.75) is 64.7 Å². The van der Waals surface area contributed by atoms with Crippen LogP contribution >= 0.6 is 11.8 Å². The average molecular weight is 684 g/mol. The monoisotopic (exact) mass is 683 g/mol. The number of carbonyl (C=O) groups is 6. The van der Waals surface area contributed by atoms with Gasteiger partial charge < -0.3 is 36.1 Å². The Labute approximate surface area is 285 Å². The molecule has 13 nitrogen and oxygen atoms in total. The van der Waals surface area contributed by atoms with Gasteiger partial charge in [-0.05, 0) is 63.8 Å². The minimum atomic E-state index is -1.14. The largest absolute Gasteiger partial charge is 0.444 e. The normalized spacial score (nSPS) is 13.0. The molecule has 2 aromatic carbocycles. The molecule has 1 aliphatic carbocycles. The van der Waals surface area contributed by atoms with Crippen molar-refractivity contribution in [3.8, 4) is 11.1 Å². The van der Waals surface area contributed by atoms with E-state index in [4.69, 9.17) is 9.47 Å². The summed E-state index contributed by atoms with van der Waals surface area (Å²) in [6.45, 7) is 8.70. The molecule has 3 rings (SSSR count). The van der Waals surface area contributed by atoms with Crippen LogP contribution < -0.4 is 26.6 Å². The third-order valence-corrected chi connectivity index (χ3v) is 7.78. The van der Waals surface area contributed by atoms with Crippen LogP contribution in [0.15, 0.2) is 48.5 Å². The van der Waals surface area contributed by atoms with Gasteiger partial charge in [0.2, 0.25) is 28.7 Å². The molecule has 0 radical (unpaired) electrons. The zero-order chi connectivity index (χ0) is 35.5. The van der Waals surface area contributed by atoms with E-state index in [9.17, 15) is 28.8 Å². The van der Waals surface area contributed by atoms with Crippen LogP contribution in [0, 0.1) is 0 Å². The molecule has 0 saturated carbocycles. The van der Waals surface area contributed by atoms with Crippen LogP contribution in [0.25, 0.3) is 11.1 Å². The van der Waals surface area contributed by atoms with E-state index in [0.717, 1.165) is 11.8 Å². The third-order valence-electron chi connectivity index (χ3n) is 6.81. The second-order valence-corrected chi connectivity index (χ2v) is 14.2. The summed E-state index contributed by atoms with van der Waals surface area (Å²) in [5.74, 6) is -1.97. The Hall–Kier alpha value is -4.43. The number of hydrogen-bond acceptors (Lipinski definition) is 9. The van der Waals surface area contributed by atoms with Gasteiger partial charge in [-0.25, -0.2) is 4.79 Å². The van der Waals surface area contributed by atoms with Crippen molar-refractivity contribution >= 4 is 46.6 Å². The SMILES string of the molecule is CC(C)(C)OC[C@H](NC(=O)OC(C)(C)C)C(=O)NCC(=O)NCC(=O)NCC(=O)NCC(=O)SCC1c2ccccc2-c2ccccc21. The minimum Gasteiger partial charge on any atom is -0.444 e. The smallest absolute Gasteiger partial charge is 0.408 e. The van der Waals surface area contributed by atoms with Crippen molar-refractivity contribution in [1.29, 1.82) is 0 Å². The topological polar surface area (TPSA) is 181 Å². The zero-order valence-electron chi connectivity index (χ0n) is 28.2. The van der Waals surface area contributed by atoms with Crippen molar-refractivity contribution < 1.29 is 38.2 Å². The summed E-state index contributed by atoms with van der Waals surface area (Å²) in [7, 11) is 0. The lowest BCUT2D eigenvalue weighted by atomic mass is 9.99. The number of benzene rings is 2. The standard InChI is InChI=1S/C34H45N5O8S/c1-33(2,3)46-19-26(39-32(45)47-34(4,5)6)31(44)38-17-29(42)36-15-27(40)35-16-28(41)37-18-30(43)48-20-25-23-13-9-7-11-21(23)22-12-8-10-14-24(22)25/h7-14,25-26H,15-20H2,1-6H3,(H,35,40)(H,36,42)(H,37,41)(H,38,44)(H,39,45)/t26-/m0/s1. The summed E-state index contributed by atoms with van der Waals surface area (Å²) in [6.07, 6.45) is -0.824. The maximum Gasteiger partial charge on any atom is 0.408 e. The van der Waals surface area contributed by atoms with E-state index in [1.807, 2.05) is 24.3 Å². The fourth-order valence-electron chi connectivity index (χ4n) is 4.64.